The van der Waals surface area contributed by atoms with Crippen LogP contribution in [0.5, 0.6) is 0 Å². The van der Waals surface area contributed by atoms with Gasteiger partial charge < -0.3 is 112 Å². The number of hydrogen-bond donors (Lipinski definition) is 4. The minimum Gasteiger partial charge on any atom is -1.00 e. The summed E-state index contributed by atoms with van der Waals surface area (Å²) in [5.41, 5.74) is 2.15. The van der Waals surface area contributed by atoms with Crippen LogP contribution in [0.4, 0.5) is 0 Å². The Kier molecular flexibility index (Phi) is 58.9. The van der Waals surface area contributed by atoms with Crippen LogP contribution in [-0.4, -0.2) is 148 Å². The van der Waals surface area contributed by atoms with Crippen molar-refractivity contribution in [1.82, 2.24) is 10.3 Å². The topological polar surface area (TPSA) is 122 Å². The second-order valence-corrected chi connectivity index (χ2v) is 35.3. The number of alkyl halides is 1. The van der Waals surface area contributed by atoms with Crippen LogP contribution in [0.2, 0.25) is 0 Å². The molecular formula is C90H172I4N8O2+2. The Labute approximate surface area is 712 Å². The number of benzene rings is 1. The lowest BCUT2D eigenvalue weighted by atomic mass is 9.74. The van der Waals surface area contributed by atoms with Crippen molar-refractivity contribution in [2.75, 3.05) is 50.2 Å². The van der Waals surface area contributed by atoms with E-state index in [2.05, 4.69) is 155 Å². The van der Waals surface area contributed by atoms with Gasteiger partial charge in [0.2, 0.25) is 0 Å². The van der Waals surface area contributed by atoms with Crippen LogP contribution >= 0.6 is 22.6 Å². The molecule has 1 aromatic carbocycles. The molecule has 610 valence electrons. The summed E-state index contributed by atoms with van der Waals surface area (Å²) in [4.78, 5) is 10.1. The van der Waals surface area contributed by atoms with E-state index in [-0.39, 0.29) is 97.7 Å². The lowest BCUT2D eigenvalue weighted by Crippen LogP contribution is -3.20. The molecule has 0 bridgehead atoms. The Bertz CT molecular complexity index is 2310. The smallest absolute Gasteiger partial charge is 0.149 e. The Hall–Kier alpha value is 0.460. The highest BCUT2D eigenvalue weighted by Crippen LogP contribution is 2.44. The van der Waals surface area contributed by atoms with Crippen molar-refractivity contribution in [2.45, 2.75) is 416 Å². The number of nitriles is 1. The first-order chi connectivity index (χ1) is 47.0. The molecule has 0 amide bonds. The minimum atomic E-state index is 0. The van der Waals surface area contributed by atoms with Gasteiger partial charge in [-0.1, -0.05) is 101 Å². The number of nitrogens with one attached hydrogen (secondary N) is 4. The summed E-state index contributed by atoms with van der Waals surface area (Å²) < 4.78 is 4.03. The summed E-state index contributed by atoms with van der Waals surface area (Å²) in [6.07, 6.45) is 55.7. The van der Waals surface area contributed by atoms with Crippen molar-refractivity contribution in [3.63, 3.8) is 0 Å². The van der Waals surface area contributed by atoms with E-state index in [9.17, 15) is 0 Å². The van der Waals surface area contributed by atoms with Gasteiger partial charge in [-0.25, -0.2) is 0 Å². The number of pyridine rings is 1. The summed E-state index contributed by atoms with van der Waals surface area (Å²) in [7, 11) is 0. The van der Waals surface area contributed by atoms with Crippen molar-refractivity contribution >= 4 is 33.5 Å². The number of aromatic nitrogens is 1. The lowest BCUT2D eigenvalue weighted by molar-refractivity contribution is -0.976. The first-order valence-electron chi connectivity index (χ1n) is 42.9. The summed E-state index contributed by atoms with van der Waals surface area (Å²) >= 11 is 2.29. The molecule has 12 aliphatic rings. The first kappa shape index (κ1) is 107. The molecule has 6 saturated carbocycles. The van der Waals surface area contributed by atoms with Crippen LogP contribution in [0.3, 0.4) is 0 Å². The van der Waals surface area contributed by atoms with E-state index in [1.54, 1.807) is 6.07 Å². The van der Waals surface area contributed by atoms with E-state index in [0.717, 1.165) is 119 Å². The molecule has 16 unspecified atom stereocenters. The third-order valence-corrected chi connectivity index (χ3v) is 28.9. The van der Waals surface area contributed by atoms with Crippen molar-refractivity contribution in [2.24, 2.45) is 35.5 Å². The summed E-state index contributed by atoms with van der Waals surface area (Å²) in [6, 6.07) is 25.2. The number of rotatable bonds is 7. The molecule has 2 aromatic rings. The maximum atomic E-state index is 7.32. The molecule has 0 spiro atoms. The summed E-state index contributed by atoms with van der Waals surface area (Å²) in [5.74, 6) is 6.16. The predicted octanol–water partition coefficient (Wildman–Crippen LogP) is 10.5. The van der Waals surface area contributed by atoms with Gasteiger partial charge in [0.25, 0.3) is 0 Å². The molecular weight excluding hydrogens is 1730 g/mol. The second-order valence-electron chi connectivity index (χ2n) is 33.7. The van der Waals surface area contributed by atoms with Crippen LogP contribution in [0.15, 0.2) is 36.4 Å². The number of halogens is 4. The Morgan fingerprint density at radius 1 is 0.462 bits per heavy atom. The first-order valence-corrected chi connectivity index (χ1v) is 44.5. The van der Waals surface area contributed by atoms with Crippen molar-refractivity contribution < 1.29 is 107 Å². The van der Waals surface area contributed by atoms with Gasteiger partial charge in [-0.15, -0.1) is 0 Å². The summed E-state index contributed by atoms with van der Waals surface area (Å²) in [6.45, 7) is 46.2. The number of nitrogens with zero attached hydrogens (tertiary/aromatic N) is 4. The second kappa shape index (κ2) is 57.5. The van der Waals surface area contributed by atoms with Gasteiger partial charge in [-0.3, -0.25) is 4.98 Å². The fourth-order valence-electron chi connectivity index (χ4n) is 23.4. The molecule has 104 heavy (non-hydrogen) atoms. The zero-order valence-electron chi connectivity index (χ0n) is 68.9. The van der Waals surface area contributed by atoms with Gasteiger partial charge in [-0.2, -0.15) is 5.26 Å². The van der Waals surface area contributed by atoms with E-state index >= 15 is 0 Å². The zero-order chi connectivity index (χ0) is 70.3. The standard InChI is InChI=1S/2C14H27N.3C12H23N.C10H19N.C10H9N.C2H5I.C2H3N.2CH4.3HI.2H2O/c2*1-4-15(5-2)12(3)10-11-13-8-6-7-9-14(13)15;3*1-3-13-10(2)8-9-11-6-4-5-7-12(11)13;2*1-8-6-7-9-4-2-3-5-10(9)11-8;2*1-2-3;;;;;;;/h2*11-14H,4-10H2,1-3H3;3*10-12H,3-9H2,1-2H3;8-11H,2-7H2,1H3;2-7H,1H3;2H2,1H3;1H3;2*1H4;3*1H;2*1H2/q2*+2;;;;;;;;;;;;;;/p-2/t;;2*10?,11?,12-;10?,11-,12-;8?,9?,10-;;;;;;;;;;/m..1111........../s1. The molecule has 6 aliphatic heterocycles. The largest absolute Gasteiger partial charge is 1.00 e. The van der Waals surface area contributed by atoms with Crippen LogP contribution in [0, 0.1) is 66.6 Å². The Balaban J connectivity index is 0. The van der Waals surface area contributed by atoms with Gasteiger partial charge in [0.15, 0.2) is 0 Å². The molecule has 7 heterocycles. The average molecular weight is 1910 g/mol. The number of para-hydroxylation sites is 1. The van der Waals surface area contributed by atoms with Crippen molar-refractivity contribution in [1.29, 1.82) is 5.26 Å². The predicted molar refractivity (Wildman–Crippen MR) is 446 cm³/mol. The van der Waals surface area contributed by atoms with Crippen LogP contribution < -0.4 is 91.9 Å². The van der Waals surface area contributed by atoms with E-state index in [0.29, 0.717) is 0 Å². The fourth-order valence-corrected chi connectivity index (χ4v) is 23.4. The molecule has 0 radical (unpaired) electrons. The van der Waals surface area contributed by atoms with Crippen LogP contribution in [0.1, 0.15) is 343 Å². The maximum Gasteiger partial charge on any atom is 0.149 e. The molecule has 6 saturated heterocycles. The quantitative estimate of drug-likeness (QED) is 0.0952. The highest BCUT2D eigenvalue weighted by molar-refractivity contribution is 14.1. The van der Waals surface area contributed by atoms with Crippen LogP contribution in [0.25, 0.3) is 10.9 Å². The number of likely N-dealkylation sites (tertiary alicyclic amines) is 5. The fraction of sp³-hybridized carbons (Fsp3) is 0.867. The maximum absolute atomic E-state index is 7.32. The molecule has 21 atom stereocenters. The van der Waals surface area contributed by atoms with E-state index in [4.69, 9.17) is 5.26 Å². The minimum absolute atomic E-state index is 0. The lowest BCUT2D eigenvalue weighted by Gasteiger charge is -2.52. The van der Waals surface area contributed by atoms with Crippen molar-refractivity contribution in [3.05, 3.63) is 54.9 Å². The van der Waals surface area contributed by atoms with Gasteiger partial charge >= 0.3 is 0 Å². The van der Waals surface area contributed by atoms with Crippen LogP contribution in [-0.2, 0) is 0 Å². The number of hydrogen-bond acceptors (Lipinski definition) is 5. The average Bonchev–Trinajstić information content (AvgIpc) is 0.765. The molecule has 6 N–H and O–H groups in total. The summed E-state index contributed by atoms with van der Waals surface area (Å²) in [5, 5.41) is 12.2. The molecule has 1 aromatic heterocycles. The number of piperidine rings is 6. The van der Waals surface area contributed by atoms with Gasteiger partial charge in [-0.05, 0) is 280 Å². The number of aryl methyl sites for hydroxylation is 1. The normalized spacial score (nSPS) is 34.6. The third-order valence-electron chi connectivity index (χ3n) is 28.9. The molecule has 10 nitrogen and oxygen atoms in total. The van der Waals surface area contributed by atoms with Gasteiger partial charge in [0.1, 0.15) is 48.8 Å². The molecule has 14 heteroatoms. The number of fused-ring (bicyclic) bond motifs is 7. The van der Waals surface area contributed by atoms with Crippen molar-refractivity contribution in [3.8, 4) is 6.07 Å². The Morgan fingerprint density at radius 3 is 1.16 bits per heavy atom. The van der Waals surface area contributed by atoms with E-state index < -0.39 is 0 Å². The van der Waals surface area contributed by atoms with Gasteiger partial charge in [0.05, 0.1) is 106 Å². The molecule has 14 rings (SSSR count). The molecule has 6 aliphatic carbocycles. The SMILES string of the molecule is C.C.CC#N.CC1CCC2CCCC[C@H]2N1.CCI.CC[N+]1(CC)C(C)C[CH+]C2CCCCC21.CC[N+]1(CC)C(C)C[CH+]C2CCCCC21.CC[NH+]1C(C)CCC2CCCC[C@H]21.CC[NH+]1C(C)CCC2CCCC[C@H]21.CC[NH+]1C(C)CC[C@H]2CCCC[C@H]21.Cc1ccc2ccccc2n1.[I-].[I-].[I-].[OH-].[OH-]. The Morgan fingerprint density at radius 2 is 0.788 bits per heavy atom. The van der Waals surface area contributed by atoms with Gasteiger partial charge in [0, 0.05) is 60.7 Å². The van der Waals surface area contributed by atoms with E-state index in [1.807, 2.05) is 45.9 Å². The van der Waals surface area contributed by atoms with E-state index in [1.165, 1.54) is 290 Å². The monoisotopic (exact) mass is 1900 g/mol. The molecule has 12 fully saturated rings. The zero-order valence-corrected chi connectivity index (χ0v) is 77.5. The third kappa shape index (κ3) is 30.3. The highest BCUT2D eigenvalue weighted by Gasteiger charge is 2.54. The number of quaternary nitrogens is 5. The highest BCUT2D eigenvalue weighted by atomic mass is 127.